The molecule has 0 spiro atoms. The molecule has 0 amide bonds. The van der Waals surface area contributed by atoms with Crippen LogP contribution in [0.1, 0.15) is 23.9 Å². The normalized spacial score (nSPS) is 10.6. The van der Waals surface area contributed by atoms with Gasteiger partial charge >= 0.3 is 5.69 Å². The topological polar surface area (TPSA) is 98.8 Å². The van der Waals surface area contributed by atoms with Crippen molar-refractivity contribution in [2.24, 2.45) is 0 Å². The second kappa shape index (κ2) is 5.64. The zero-order valence-electron chi connectivity index (χ0n) is 11.6. The summed E-state index contributed by atoms with van der Waals surface area (Å²) in [5, 5.41) is 22.1. The molecule has 0 saturated carbocycles. The summed E-state index contributed by atoms with van der Waals surface area (Å²) in [7, 11) is 0. The lowest BCUT2D eigenvalue weighted by Crippen LogP contribution is -2.11. The highest BCUT2D eigenvalue weighted by molar-refractivity contribution is 5.59. The van der Waals surface area contributed by atoms with Crippen molar-refractivity contribution in [2.45, 2.75) is 33.9 Å². The molecule has 8 nitrogen and oxygen atoms in total. The highest BCUT2D eigenvalue weighted by Gasteiger charge is 2.19. The summed E-state index contributed by atoms with van der Waals surface area (Å²) >= 11 is 0. The first-order chi connectivity index (χ1) is 9.54. The van der Waals surface area contributed by atoms with E-state index in [1.807, 2.05) is 13.8 Å². The van der Waals surface area contributed by atoms with E-state index in [-0.39, 0.29) is 11.5 Å². The lowest BCUT2D eigenvalue weighted by Gasteiger charge is -2.08. The average molecular weight is 276 g/mol. The number of rotatable bonds is 5. The minimum atomic E-state index is -0.424. The Balaban J connectivity index is 2.25. The zero-order chi connectivity index (χ0) is 14.7. The van der Waals surface area contributed by atoms with Crippen molar-refractivity contribution in [3.05, 3.63) is 39.3 Å². The van der Waals surface area contributed by atoms with E-state index in [1.165, 1.54) is 0 Å². The highest BCUT2D eigenvalue weighted by atomic mass is 16.6. The Hall–Kier alpha value is -2.51. The minimum Gasteiger partial charge on any atom is -0.359 e. The fourth-order valence-electron chi connectivity index (χ4n) is 1.97. The van der Waals surface area contributed by atoms with Gasteiger partial charge in [0.2, 0.25) is 5.82 Å². The molecule has 0 saturated heterocycles. The fourth-order valence-corrected chi connectivity index (χ4v) is 1.97. The van der Waals surface area contributed by atoms with Gasteiger partial charge < -0.3 is 5.32 Å². The second-order valence-corrected chi connectivity index (χ2v) is 4.37. The molecular weight excluding hydrogens is 260 g/mol. The molecule has 0 aliphatic rings. The van der Waals surface area contributed by atoms with Crippen molar-refractivity contribution in [1.82, 2.24) is 20.0 Å². The SMILES string of the molecule is CCn1nnc(C)c1CNc1nccc(C)c1[N+](=O)[O-]. The van der Waals surface area contributed by atoms with Gasteiger partial charge in [0.1, 0.15) is 0 Å². The van der Waals surface area contributed by atoms with Gasteiger partial charge in [0.15, 0.2) is 0 Å². The number of aryl methyl sites for hydroxylation is 3. The van der Waals surface area contributed by atoms with Crippen LogP contribution in [0.15, 0.2) is 12.3 Å². The van der Waals surface area contributed by atoms with E-state index in [2.05, 4.69) is 20.6 Å². The Labute approximate surface area is 116 Å². The summed E-state index contributed by atoms with van der Waals surface area (Å²) in [5.74, 6) is 0.262. The van der Waals surface area contributed by atoms with Crippen LogP contribution in [0.5, 0.6) is 0 Å². The molecule has 0 aromatic carbocycles. The van der Waals surface area contributed by atoms with Crippen molar-refractivity contribution in [3.8, 4) is 0 Å². The van der Waals surface area contributed by atoms with E-state index in [1.54, 1.807) is 23.9 Å². The van der Waals surface area contributed by atoms with Gasteiger partial charge in [-0.25, -0.2) is 9.67 Å². The molecule has 1 N–H and O–H groups in total. The monoisotopic (exact) mass is 276 g/mol. The molecule has 0 unspecified atom stereocenters. The van der Waals surface area contributed by atoms with Crippen LogP contribution in [0.2, 0.25) is 0 Å². The number of aromatic nitrogens is 4. The second-order valence-electron chi connectivity index (χ2n) is 4.37. The number of anilines is 1. The number of nitrogens with zero attached hydrogens (tertiary/aromatic N) is 5. The third-order valence-corrected chi connectivity index (χ3v) is 3.06. The maximum absolute atomic E-state index is 11.1. The smallest absolute Gasteiger partial charge is 0.314 e. The molecule has 0 atom stereocenters. The Morgan fingerprint density at radius 1 is 1.45 bits per heavy atom. The van der Waals surface area contributed by atoms with Gasteiger partial charge in [0.25, 0.3) is 0 Å². The minimum absolute atomic E-state index is 0.000626. The predicted molar refractivity (Wildman–Crippen MR) is 73.4 cm³/mol. The molecule has 8 heteroatoms. The van der Waals surface area contributed by atoms with Gasteiger partial charge in [0, 0.05) is 18.3 Å². The maximum Gasteiger partial charge on any atom is 0.314 e. The number of pyridine rings is 1. The molecule has 106 valence electrons. The van der Waals surface area contributed by atoms with Crippen LogP contribution >= 0.6 is 0 Å². The van der Waals surface area contributed by atoms with Crippen LogP contribution in [-0.2, 0) is 13.1 Å². The van der Waals surface area contributed by atoms with Gasteiger partial charge in [-0.2, -0.15) is 0 Å². The van der Waals surface area contributed by atoms with Crippen molar-refractivity contribution >= 4 is 11.5 Å². The van der Waals surface area contributed by atoms with E-state index in [0.29, 0.717) is 18.7 Å². The molecule has 0 radical (unpaired) electrons. The lowest BCUT2D eigenvalue weighted by atomic mass is 10.2. The molecular formula is C12H16N6O2. The maximum atomic E-state index is 11.1. The van der Waals surface area contributed by atoms with E-state index < -0.39 is 4.92 Å². The summed E-state index contributed by atoms with van der Waals surface area (Å²) in [4.78, 5) is 14.7. The molecule has 2 rings (SSSR count). The molecule has 0 fully saturated rings. The first kappa shape index (κ1) is 13.9. The Morgan fingerprint density at radius 2 is 2.20 bits per heavy atom. The van der Waals surface area contributed by atoms with Gasteiger partial charge in [0.05, 0.1) is 22.9 Å². The van der Waals surface area contributed by atoms with Gasteiger partial charge in [-0.3, -0.25) is 10.1 Å². The summed E-state index contributed by atoms with van der Waals surface area (Å²) in [5.41, 5.74) is 2.27. The first-order valence-corrected chi connectivity index (χ1v) is 6.27. The largest absolute Gasteiger partial charge is 0.359 e. The van der Waals surface area contributed by atoms with Crippen LogP contribution in [0.25, 0.3) is 0 Å². The summed E-state index contributed by atoms with van der Waals surface area (Å²) in [6, 6.07) is 1.62. The molecule has 2 aromatic heterocycles. The van der Waals surface area contributed by atoms with Crippen LogP contribution in [-0.4, -0.2) is 24.9 Å². The molecule has 20 heavy (non-hydrogen) atoms. The van der Waals surface area contributed by atoms with Crippen LogP contribution in [0.3, 0.4) is 0 Å². The summed E-state index contributed by atoms with van der Waals surface area (Å²) < 4.78 is 1.75. The number of hydrogen-bond donors (Lipinski definition) is 1. The fraction of sp³-hybridized carbons (Fsp3) is 0.417. The van der Waals surface area contributed by atoms with E-state index in [0.717, 1.165) is 11.4 Å². The van der Waals surface area contributed by atoms with Crippen LogP contribution < -0.4 is 5.32 Å². The highest BCUT2D eigenvalue weighted by Crippen LogP contribution is 2.25. The summed E-state index contributed by atoms with van der Waals surface area (Å²) in [6.07, 6.45) is 1.55. The third kappa shape index (κ3) is 2.58. The number of nitrogens with one attached hydrogen (secondary N) is 1. The van der Waals surface area contributed by atoms with E-state index >= 15 is 0 Å². The Kier molecular flexibility index (Phi) is 3.92. The predicted octanol–water partition coefficient (Wildman–Crippen LogP) is 1.83. The molecule has 0 bridgehead atoms. The average Bonchev–Trinajstić information content (AvgIpc) is 2.76. The standard InChI is InChI=1S/C12H16N6O2/c1-4-17-10(9(3)15-16-17)7-14-12-11(18(19)20)8(2)5-6-13-12/h5-6H,4,7H2,1-3H3,(H,13,14). The van der Waals surface area contributed by atoms with Crippen LogP contribution in [0.4, 0.5) is 11.5 Å². The zero-order valence-corrected chi connectivity index (χ0v) is 11.6. The lowest BCUT2D eigenvalue weighted by molar-refractivity contribution is -0.384. The molecule has 2 heterocycles. The molecule has 2 aromatic rings. The summed E-state index contributed by atoms with van der Waals surface area (Å²) in [6.45, 7) is 6.60. The Morgan fingerprint density at radius 3 is 2.85 bits per heavy atom. The van der Waals surface area contributed by atoms with E-state index in [9.17, 15) is 10.1 Å². The number of hydrogen-bond acceptors (Lipinski definition) is 6. The van der Waals surface area contributed by atoms with Gasteiger partial charge in [-0.1, -0.05) is 5.21 Å². The van der Waals surface area contributed by atoms with Crippen molar-refractivity contribution in [1.29, 1.82) is 0 Å². The van der Waals surface area contributed by atoms with E-state index in [4.69, 9.17) is 0 Å². The Bertz CT molecular complexity index is 637. The molecule has 0 aliphatic heterocycles. The molecule has 0 aliphatic carbocycles. The van der Waals surface area contributed by atoms with Gasteiger partial charge in [-0.15, -0.1) is 5.10 Å². The number of nitro groups is 1. The van der Waals surface area contributed by atoms with Crippen molar-refractivity contribution in [2.75, 3.05) is 5.32 Å². The first-order valence-electron chi connectivity index (χ1n) is 6.27. The third-order valence-electron chi connectivity index (χ3n) is 3.06. The van der Waals surface area contributed by atoms with Crippen LogP contribution in [0, 0.1) is 24.0 Å². The van der Waals surface area contributed by atoms with Gasteiger partial charge in [-0.05, 0) is 26.8 Å². The quantitative estimate of drug-likeness (QED) is 0.660. The van der Waals surface area contributed by atoms with Crippen molar-refractivity contribution < 1.29 is 4.92 Å². The van der Waals surface area contributed by atoms with Crippen molar-refractivity contribution in [3.63, 3.8) is 0 Å².